The first kappa shape index (κ1) is 16.7. The number of para-hydroxylation sites is 2. The van der Waals surface area contributed by atoms with Crippen molar-refractivity contribution in [3.63, 3.8) is 0 Å². The van der Waals surface area contributed by atoms with Crippen LogP contribution in [0.2, 0.25) is 0 Å². The molecule has 0 heterocycles. The zero-order valence-corrected chi connectivity index (χ0v) is 12.1. The molecule has 0 aliphatic carbocycles. The number of hydrogen-bond donors (Lipinski definition) is 4. The molecule has 0 saturated carbocycles. The lowest BCUT2D eigenvalue weighted by Gasteiger charge is -2.02. The van der Waals surface area contributed by atoms with Crippen LogP contribution in [-0.4, -0.2) is 44.8 Å². The van der Waals surface area contributed by atoms with Crippen molar-refractivity contribution in [3.05, 3.63) is 58.7 Å². The van der Waals surface area contributed by atoms with E-state index in [9.17, 15) is 19.8 Å². The molecule has 0 spiro atoms. The number of phenols is 2. The van der Waals surface area contributed by atoms with Gasteiger partial charge in [-0.05, 0) is 24.3 Å². The van der Waals surface area contributed by atoms with E-state index in [0.717, 1.165) is 12.4 Å². The molecular weight excluding hydrogens is 316 g/mol. The van der Waals surface area contributed by atoms with E-state index < -0.39 is 23.4 Å². The molecule has 122 valence electrons. The quantitative estimate of drug-likeness (QED) is 0.488. The van der Waals surface area contributed by atoms with E-state index in [4.69, 9.17) is 10.2 Å². The summed E-state index contributed by atoms with van der Waals surface area (Å²) in [4.78, 5) is 21.8. The van der Waals surface area contributed by atoms with Gasteiger partial charge in [-0.15, -0.1) is 0 Å². The molecule has 0 atom stereocenters. The number of carbonyl (C=O) groups is 2. The SMILES string of the molecule is O=C(O)c1cccc(/C=N/N=C/c2cccc(C(=O)O)c2O)c1O. The Morgan fingerprint density at radius 3 is 1.46 bits per heavy atom. The second-order valence-corrected chi connectivity index (χ2v) is 4.59. The average molecular weight is 328 g/mol. The molecule has 0 unspecified atom stereocenters. The van der Waals surface area contributed by atoms with Crippen LogP contribution in [0.25, 0.3) is 0 Å². The van der Waals surface area contributed by atoms with Crippen molar-refractivity contribution < 1.29 is 30.0 Å². The molecule has 0 radical (unpaired) electrons. The van der Waals surface area contributed by atoms with Crippen LogP contribution < -0.4 is 0 Å². The van der Waals surface area contributed by atoms with Gasteiger partial charge in [0.15, 0.2) is 0 Å². The topological polar surface area (TPSA) is 140 Å². The van der Waals surface area contributed by atoms with Crippen LogP contribution >= 0.6 is 0 Å². The number of carboxylic acid groups (broad SMARTS) is 2. The number of rotatable bonds is 5. The van der Waals surface area contributed by atoms with Gasteiger partial charge in [0.05, 0.1) is 12.4 Å². The maximum absolute atomic E-state index is 10.9. The molecule has 0 aliphatic heterocycles. The highest BCUT2D eigenvalue weighted by Crippen LogP contribution is 2.22. The van der Waals surface area contributed by atoms with Gasteiger partial charge in [-0.3, -0.25) is 0 Å². The number of benzene rings is 2. The van der Waals surface area contributed by atoms with Crippen molar-refractivity contribution >= 4 is 24.4 Å². The number of aromatic hydroxyl groups is 2. The molecule has 0 aromatic heterocycles. The first-order valence-electron chi connectivity index (χ1n) is 6.58. The van der Waals surface area contributed by atoms with Crippen LogP contribution in [0, 0.1) is 0 Å². The van der Waals surface area contributed by atoms with Crippen LogP contribution in [0.3, 0.4) is 0 Å². The monoisotopic (exact) mass is 328 g/mol. The highest BCUT2D eigenvalue weighted by molar-refractivity contribution is 5.97. The summed E-state index contributed by atoms with van der Waals surface area (Å²) in [6, 6.07) is 8.26. The summed E-state index contributed by atoms with van der Waals surface area (Å²) in [7, 11) is 0. The van der Waals surface area contributed by atoms with Crippen LogP contribution in [0.15, 0.2) is 46.6 Å². The van der Waals surface area contributed by atoms with Gasteiger partial charge in [-0.2, -0.15) is 10.2 Å². The first-order valence-corrected chi connectivity index (χ1v) is 6.58. The lowest BCUT2D eigenvalue weighted by molar-refractivity contribution is 0.0682. The fourth-order valence-electron chi connectivity index (χ4n) is 1.87. The Balaban J connectivity index is 2.23. The predicted octanol–water partition coefficient (Wildman–Crippen LogP) is 1.95. The molecule has 0 bridgehead atoms. The minimum Gasteiger partial charge on any atom is -0.506 e. The summed E-state index contributed by atoms with van der Waals surface area (Å²) in [6.45, 7) is 0. The molecule has 0 saturated heterocycles. The first-order chi connectivity index (χ1) is 11.4. The zero-order valence-electron chi connectivity index (χ0n) is 12.1. The molecule has 4 N–H and O–H groups in total. The summed E-state index contributed by atoms with van der Waals surface area (Å²) in [6.07, 6.45) is 2.27. The van der Waals surface area contributed by atoms with Crippen LogP contribution in [-0.2, 0) is 0 Å². The summed E-state index contributed by atoms with van der Waals surface area (Å²) in [5.41, 5.74) is -0.240. The van der Waals surface area contributed by atoms with Gasteiger partial charge < -0.3 is 20.4 Å². The summed E-state index contributed by atoms with van der Waals surface area (Å²) in [5, 5.41) is 44.7. The smallest absolute Gasteiger partial charge is 0.339 e. The van der Waals surface area contributed by atoms with Crippen molar-refractivity contribution in [2.75, 3.05) is 0 Å². The summed E-state index contributed by atoms with van der Waals surface area (Å²) >= 11 is 0. The minimum absolute atomic E-state index is 0.149. The number of hydrogen-bond acceptors (Lipinski definition) is 6. The summed E-state index contributed by atoms with van der Waals surface area (Å²) < 4.78 is 0. The number of carboxylic acids is 2. The number of nitrogens with zero attached hydrogens (tertiary/aromatic N) is 2. The third kappa shape index (κ3) is 3.55. The Labute approximate surface area is 135 Å². The van der Waals surface area contributed by atoms with Crippen molar-refractivity contribution in [3.8, 4) is 11.5 Å². The largest absolute Gasteiger partial charge is 0.506 e. The fourth-order valence-corrected chi connectivity index (χ4v) is 1.87. The second kappa shape index (κ2) is 7.05. The van der Waals surface area contributed by atoms with Gasteiger partial charge in [0.25, 0.3) is 0 Å². The number of aromatic carboxylic acids is 2. The molecule has 0 aliphatic rings. The highest BCUT2D eigenvalue weighted by atomic mass is 16.4. The van der Waals surface area contributed by atoms with Gasteiger partial charge in [-0.25, -0.2) is 9.59 Å². The van der Waals surface area contributed by atoms with E-state index >= 15 is 0 Å². The summed E-state index contributed by atoms with van der Waals surface area (Å²) in [5.74, 6) is -3.44. The molecule has 0 amide bonds. The second-order valence-electron chi connectivity index (χ2n) is 4.59. The van der Waals surface area contributed by atoms with Gasteiger partial charge in [0, 0.05) is 11.1 Å². The molecule has 0 fully saturated rings. The Morgan fingerprint density at radius 1 is 0.750 bits per heavy atom. The van der Waals surface area contributed by atoms with Crippen LogP contribution in [0.5, 0.6) is 11.5 Å². The normalized spacial score (nSPS) is 11.2. The Morgan fingerprint density at radius 2 is 1.12 bits per heavy atom. The Kier molecular flexibility index (Phi) is 4.90. The zero-order chi connectivity index (χ0) is 17.7. The average Bonchev–Trinajstić information content (AvgIpc) is 2.53. The predicted molar refractivity (Wildman–Crippen MR) is 85.3 cm³/mol. The fraction of sp³-hybridized carbons (Fsp3) is 0. The Hall–Kier alpha value is -3.68. The molecular formula is C16H12N2O6. The molecule has 8 heteroatoms. The third-order valence-corrected chi connectivity index (χ3v) is 3.06. The van der Waals surface area contributed by atoms with E-state index in [1.807, 2.05) is 0 Å². The van der Waals surface area contributed by atoms with E-state index in [2.05, 4.69) is 10.2 Å². The van der Waals surface area contributed by atoms with E-state index in [0.29, 0.717) is 0 Å². The maximum atomic E-state index is 10.9. The highest BCUT2D eigenvalue weighted by Gasteiger charge is 2.12. The lowest BCUT2D eigenvalue weighted by atomic mass is 10.1. The molecule has 24 heavy (non-hydrogen) atoms. The van der Waals surface area contributed by atoms with Gasteiger partial charge in [0.1, 0.15) is 22.6 Å². The third-order valence-electron chi connectivity index (χ3n) is 3.06. The van der Waals surface area contributed by atoms with Crippen molar-refractivity contribution in [2.45, 2.75) is 0 Å². The van der Waals surface area contributed by atoms with E-state index in [1.165, 1.54) is 36.4 Å². The molecule has 2 aromatic carbocycles. The van der Waals surface area contributed by atoms with Gasteiger partial charge in [-0.1, -0.05) is 12.1 Å². The maximum Gasteiger partial charge on any atom is 0.339 e. The van der Waals surface area contributed by atoms with Gasteiger partial charge in [0.2, 0.25) is 0 Å². The molecule has 2 aromatic rings. The van der Waals surface area contributed by atoms with Gasteiger partial charge >= 0.3 is 11.9 Å². The van der Waals surface area contributed by atoms with Crippen LogP contribution in [0.1, 0.15) is 31.8 Å². The lowest BCUT2D eigenvalue weighted by Crippen LogP contribution is -1.98. The molecule has 2 rings (SSSR count). The van der Waals surface area contributed by atoms with E-state index in [-0.39, 0.29) is 22.3 Å². The van der Waals surface area contributed by atoms with Crippen molar-refractivity contribution in [2.24, 2.45) is 10.2 Å². The Bertz CT molecular complexity index is 786. The van der Waals surface area contributed by atoms with Crippen molar-refractivity contribution in [1.82, 2.24) is 0 Å². The van der Waals surface area contributed by atoms with Crippen molar-refractivity contribution in [1.29, 1.82) is 0 Å². The van der Waals surface area contributed by atoms with Crippen LogP contribution in [0.4, 0.5) is 0 Å². The van der Waals surface area contributed by atoms with E-state index in [1.54, 1.807) is 0 Å². The molecule has 8 nitrogen and oxygen atoms in total. The minimum atomic E-state index is -1.28. The standard InChI is InChI=1S/C16H12N2O6/c19-13-9(3-1-5-11(13)15(21)22)7-17-18-8-10-4-2-6-12(14(10)20)16(23)24/h1-8,19-20H,(H,21,22)(H,23,24)/b17-7+,18-8+.